The van der Waals surface area contributed by atoms with Crippen molar-refractivity contribution in [1.82, 2.24) is 0 Å². The van der Waals surface area contributed by atoms with Gasteiger partial charge in [0.15, 0.2) is 0 Å². The minimum absolute atomic E-state index is 0.0137. The average molecular weight is 407 g/mol. The third-order valence-electron chi connectivity index (χ3n) is 3.50. The van der Waals surface area contributed by atoms with Crippen LogP contribution in [0.15, 0.2) is 35.2 Å². The largest absolute Gasteiger partial charge is 0.433 e. The minimum atomic E-state index is -4.18. The topological polar surface area (TPSA) is 98.5 Å². The molecule has 0 aliphatic carbocycles. The summed E-state index contributed by atoms with van der Waals surface area (Å²) in [6, 6.07) is 5.57. The van der Waals surface area contributed by atoms with Gasteiger partial charge in [-0.05, 0) is 43.2 Å². The standard InChI is InChI=1S/C15H13ClF2N2O5S/c1-8-5-11(20(21)22)7-14(9(8)2)26(23,24)19-10-3-4-13(12(16)6-10)25-15(17)18/h3-7,15,19H,1-2H3. The molecule has 0 aliphatic heterocycles. The number of nitrogens with one attached hydrogen (secondary N) is 1. The molecular weight excluding hydrogens is 394 g/mol. The van der Waals surface area contributed by atoms with E-state index in [2.05, 4.69) is 9.46 Å². The number of hydrogen-bond donors (Lipinski definition) is 1. The van der Waals surface area contributed by atoms with Crippen LogP contribution in [0.4, 0.5) is 20.2 Å². The number of sulfonamides is 1. The molecule has 0 radical (unpaired) electrons. The van der Waals surface area contributed by atoms with Gasteiger partial charge in [0, 0.05) is 12.1 Å². The first-order valence-electron chi connectivity index (χ1n) is 7.04. The molecule has 0 amide bonds. The van der Waals surface area contributed by atoms with Crippen LogP contribution < -0.4 is 9.46 Å². The fourth-order valence-corrected chi connectivity index (χ4v) is 3.77. The van der Waals surface area contributed by atoms with Gasteiger partial charge in [-0.3, -0.25) is 14.8 Å². The van der Waals surface area contributed by atoms with Gasteiger partial charge in [-0.15, -0.1) is 0 Å². The summed E-state index contributed by atoms with van der Waals surface area (Å²) in [6.45, 7) is -0.0139. The molecule has 26 heavy (non-hydrogen) atoms. The van der Waals surface area contributed by atoms with Crippen LogP contribution in [-0.4, -0.2) is 20.0 Å². The van der Waals surface area contributed by atoms with E-state index in [0.29, 0.717) is 11.1 Å². The van der Waals surface area contributed by atoms with Gasteiger partial charge in [0.2, 0.25) is 0 Å². The van der Waals surface area contributed by atoms with Crippen LogP contribution in [0.2, 0.25) is 5.02 Å². The van der Waals surface area contributed by atoms with Gasteiger partial charge in [-0.25, -0.2) is 8.42 Å². The number of aryl methyl sites for hydroxylation is 1. The number of anilines is 1. The van der Waals surface area contributed by atoms with Crippen molar-refractivity contribution >= 4 is 33.0 Å². The molecule has 0 spiro atoms. The molecule has 140 valence electrons. The van der Waals surface area contributed by atoms with E-state index in [1.807, 2.05) is 0 Å². The summed E-state index contributed by atoms with van der Waals surface area (Å²) in [6.07, 6.45) is 0. The van der Waals surface area contributed by atoms with Crippen molar-refractivity contribution < 1.29 is 26.9 Å². The molecule has 2 aromatic carbocycles. The summed E-state index contributed by atoms with van der Waals surface area (Å²) in [5.41, 5.74) is 0.387. The molecule has 11 heteroatoms. The van der Waals surface area contributed by atoms with E-state index >= 15 is 0 Å². The Morgan fingerprint density at radius 2 is 1.88 bits per heavy atom. The second kappa shape index (κ2) is 7.42. The zero-order chi connectivity index (χ0) is 19.6. The van der Waals surface area contributed by atoms with Gasteiger partial charge >= 0.3 is 6.61 Å². The lowest BCUT2D eigenvalue weighted by Gasteiger charge is -2.13. The predicted octanol–water partition coefficient (Wildman–Crippen LogP) is 4.27. The number of hydrogen-bond acceptors (Lipinski definition) is 5. The number of alkyl halides is 2. The van der Waals surface area contributed by atoms with Crippen molar-refractivity contribution in [3.63, 3.8) is 0 Å². The number of benzene rings is 2. The van der Waals surface area contributed by atoms with Crippen molar-refractivity contribution in [2.75, 3.05) is 4.72 Å². The fraction of sp³-hybridized carbons (Fsp3) is 0.200. The Hall–Kier alpha value is -2.46. The molecule has 1 N–H and O–H groups in total. The van der Waals surface area contributed by atoms with Gasteiger partial charge in [-0.2, -0.15) is 8.78 Å². The fourth-order valence-electron chi connectivity index (χ4n) is 2.16. The summed E-state index contributed by atoms with van der Waals surface area (Å²) in [4.78, 5) is 10.0. The van der Waals surface area contributed by atoms with E-state index in [-0.39, 0.29) is 27.0 Å². The first kappa shape index (κ1) is 19.9. The Labute approximate surface area is 152 Å². The van der Waals surface area contributed by atoms with Crippen LogP contribution in [0.1, 0.15) is 11.1 Å². The zero-order valence-electron chi connectivity index (χ0n) is 13.5. The van der Waals surface area contributed by atoms with Gasteiger partial charge in [0.25, 0.3) is 15.7 Å². The number of nitro groups is 1. The van der Waals surface area contributed by atoms with Crippen molar-refractivity contribution in [3.05, 3.63) is 56.6 Å². The minimum Gasteiger partial charge on any atom is -0.433 e. The van der Waals surface area contributed by atoms with E-state index in [1.54, 1.807) is 6.92 Å². The Kier molecular flexibility index (Phi) is 5.67. The molecule has 0 saturated heterocycles. The lowest BCUT2D eigenvalue weighted by Crippen LogP contribution is -2.15. The normalized spacial score (nSPS) is 11.5. The van der Waals surface area contributed by atoms with Crippen LogP contribution in [-0.2, 0) is 10.0 Å². The molecule has 0 fully saturated rings. The number of rotatable bonds is 6. The number of non-ortho nitro benzene ring substituents is 1. The molecule has 0 aliphatic rings. The van der Waals surface area contributed by atoms with Gasteiger partial charge in [0.05, 0.1) is 20.5 Å². The van der Waals surface area contributed by atoms with Crippen molar-refractivity contribution in [2.45, 2.75) is 25.4 Å². The van der Waals surface area contributed by atoms with Gasteiger partial charge < -0.3 is 4.74 Å². The highest BCUT2D eigenvalue weighted by Gasteiger charge is 2.23. The maximum Gasteiger partial charge on any atom is 0.387 e. The third kappa shape index (κ3) is 4.38. The smallest absolute Gasteiger partial charge is 0.387 e. The quantitative estimate of drug-likeness (QED) is 0.570. The van der Waals surface area contributed by atoms with Crippen LogP contribution in [0.5, 0.6) is 5.75 Å². The van der Waals surface area contributed by atoms with Crippen molar-refractivity contribution in [1.29, 1.82) is 0 Å². The summed E-state index contributed by atoms with van der Waals surface area (Å²) in [7, 11) is -4.18. The number of halogens is 3. The third-order valence-corrected chi connectivity index (χ3v) is 5.31. The molecule has 0 saturated carbocycles. The Balaban J connectivity index is 2.41. The van der Waals surface area contributed by atoms with Crippen LogP contribution in [0, 0.1) is 24.0 Å². The van der Waals surface area contributed by atoms with E-state index in [0.717, 1.165) is 18.2 Å². The van der Waals surface area contributed by atoms with Crippen LogP contribution in [0.3, 0.4) is 0 Å². The second-order valence-electron chi connectivity index (χ2n) is 5.27. The number of nitro benzene ring substituents is 1. The molecule has 0 heterocycles. The molecule has 2 rings (SSSR count). The molecule has 0 aromatic heterocycles. The molecule has 0 unspecified atom stereocenters. The Bertz CT molecular complexity index is 967. The predicted molar refractivity (Wildman–Crippen MR) is 91.5 cm³/mol. The summed E-state index contributed by atoms with van der Waals surface area (Å²) in [5.74, 6) is -0.313. The maximum atomic E-state index is 12.6. The number of nitrogens with zero attached hydrogens (tertiary/aromatic N) is 1. The maximum absolute atomic E-state index is 12.6. The van der Waals surface area contributed by atoms with Crippen molar-refractivity contribution in [2.24, 2.45) is 0 Å². The molecular formula is C15H13ClF2N2O5S. The molecule has 2 aromatic rings. The first-order valence-corrected chi connectivity index (χ1v) is 8.90. The highest BCUT2D eigenvalue weighted by molar-refractivity contribution is 7.92. The first-order chi connectivity index (χ1) is 12.0. The van der Waals surface area contributed by atoms with Crippen LogP contribution >= 0.6 is 11.6 Å². The summed E-state index contributed by atoms with van der Waals surface area (Å²) < 4.78 is 56.0. The monoisotopic (exact) mass is 406 g/mol. The SMILES string of the molecule is Cc1cc([N+](=O)[O-])cc(S(=O)(=O)Nc2ccc(OC(F)F)c(Cl)c2)c1C. The second-order valence-corrected chi connectivity index (χ2v) is 7.33. The highest BCUT2D eigenvalue weighted by Crippen LogP contribution is 2.31. The van der Waals surface area contributed by atoms with E-state index in [4.69, 9.17) is 11.6 Å². The summed E-state index contributed by atoms with van der Waals surface area (Å²) in [5, 5.41) is 10.7. The number of ether oxygens (including phenoxy) is 1. The summed E-state index contributed by atoms with van der Waals surface area (Å²) >= 11 is 5.79. The lowest BCUT2D eigenvalue weighted by molar-refractivity contribution is -0.385. The van der Waals surface area contributed by atoms with Gasteiger partial charge in [0.1, 0.15) is 5.75 Å². The molecule has 0 bridgehead atoms. The van der Waals surface area contributed by atoms with Crippen molar-refractivity contribution in [3.8, 4) is 5.75 Å². The van der Waals surface area contributed by atoms with E-state index in [9.17, 15) is 27.3 Å². The average Bonchev–Trinajstić information content (AvgIpc) is 2.51. The van der Waals surface area contributed by atoms with E-state index < -0.39 is 21.6 Å². The Morgan fingerprint density at radius 1 is 1.23 bits per heavy atom. The van der Waals surface area contributed by atoms with Gasteiger partial charge in [-0.1, -0.05) is 11.6 Å². The van der Waals surface area contributed by atoms with Crippen LogP contribution in [0.25, 0.3) is 0 Å². The molecule has 7 nitrogen and oxygen atoms in total. The Morgan fingerprint density at radius 3 is 2.42 bits per heavy atom. The van der Waals surface area contributed by atoms with E-state index in [1.165, 1.54) is 19.1 Å². The lowest BCUT2D eigenvalue weighted by atomic mass is 10.1. The zero-order valence-corrected chi connectivity index (χ0v) is 15.1. The highest BCUT2D eigenvalue weighted by atomic mass is 35.5. The molecule has 0 atom stereocenters.